The number of rotatable bonds is 4. The molecule has 1 amide bonds. The molecule has 5 nitrogen and oxygen atoms in total. The van der Waals surface area contributed by atoms with Crippen LogP contribution in [-0.2, 0) is 11.2 Å². The summed E-state index contributed by atoms with van der Waals surface area (Å²) in [5, 5.41) is 2.92. The van der Waals surface area contributed by atoms with E-state index in [2.05, 4.69) is 15.3 Å². The van der Waals surface area contributed by atoms with Gasteiger partial charge in [-0.2, -0.15) is 0 Å². The van der Waals surface area contributed by atoms with Crippen molar-refractivity contribution in [3.63, 3.8) is 0 Å². The van der Waals surface area contributed by atoms with Crippen LogP contribution in [0.2, 0.25) is 0 Å². The maximum absolute atomic E-state index is 11.9. The van der Waals surface area contributed by atoms with Crippen molar-refractivity contribution in [1.82, 2.24) is 15.3 Å². The number of amides is 1. The van der Waals surface area contributed by atoms with Crippen molar-refractivity contribution in [2.24, 2.45) is 0 Å². The Labute approximate surface area is 111 Å². The Morgan fingerprint density at radius 1 is 1.32 bits per heavy atom. The van der Waals surface area contributed by atoms with Crippen molar-refractivity contribution in [3.05, 3.63) is 54.1 Å². The molecule has 0 saturated heterocycles. The van der Waals surface area contributed by atoms with E-state index in [1.807, 2.05) is 19.1 Å². The topological polar surface area (TPSA) is 80.9 Å². The van der Waals surface area contributed by atoms with E-state index in [-0.39, 0.29) is 18.4 Å². The van der Waals surface area contributed by atoms with Crippen LogP contribution < -0.4 is 11.1 Å². The Bertz CT molecular complexity index is 539. The molecule has 98 valence electrons. The Hall–Kier alpha value is -2.43. The van der Waals surface area contributed by atoms with E-state index in [0.717, 1.165) is 5.56 Å². The van der Waals surface area contributed by atoms with Crippen molar-refractivity contribution in [2.75, 3.05) is 5.73 Å². The zero-order chi connectivity index (χ0) is 13.7. The smallest absolute Gasteiger partial charge is 0.226 e. The summed E-state index contributed by atoms with van der Waals surface area (Å²) >= 11 is 0. The fourth-order valence-corrected chi connectivity index (χ4v) is 1.73. The molecule has 0 bridgehead atoms. The fourth-order valence-electron chi connectivity index (χ4n) is 1.73. The zero-order valence-corrected chi connectivity index (χ0v) is 10.7. The highest BCUT2D eigenvalue weighted by molar-refractivity contribution is 5.78. The van der Waals surface area contributed by atoms with Crippen LogP contribution in [0.5, 0.6) is 0 Å². The van der Waals surface area contributed by atoms with Gasteiger partial charge in [-0.3, -0.25) is 14.8 Å². The number of pyridine rings is 2. The molecule has 0 aliphatic heterocycles. The standard InChI is InChI=1S/C14H16N4O/c1-10(11-4-6-16-7-5-11)18-14(19)8-13-3-2-12(15)9-17-13/h2-7,9-10H,8,15H2,1H3,(H,18,19). The molecule has 19 heavy (non-hydrogen) atoms. The summed E-state index contributed by atoms with van der Waals surface area (Å²) in [6.45, 7) is 1.93. The third-order valence-electron chi connectivity index (χ3n) is 2.77. The molecule has 0 radical (unpaired) electrons. The monoisotopic (exact) mass is 256 g/mol. The first kappa shape index (κ1) is 13.0. The van der Waals surface area contributed by atoms with Gasteiger partial charge in [-0.1, -0.05) is 0 Å². The van der Waals surface area contributed by atoms with Gasteiger partial charge in [0.25, 0.3) is 0 Å². The lowest BCUT2D eigenvalue weighted by atomic mass is 10.1. The molecule has 2 heterocycles. The first-order chi connectivity index (χ1) is 9.15. The molecule has 0 spiro atoms. The Balaban J connectivity index is 1.93. The largest absolute Gasteiger partial charge is 0.397 e. The number of anilines is 1. The number of nitrogens with two attached hydrogens (primary N) is 1. The minimum Gasteiger partial charge on any atom is -0.397 e. The molecule has 0 aliphatic carbocycles. The van der Waals surface area contributed by atoms with Gasteiger partial charge in [-0.25, -0.2) is 0 Å². The van der Waals surface area contributed by atoms with Gasteiger partial charge in [0, 0.05) is 18.1 Å². The van der Waals surface area contributed by atoms with E-state index in [9.17, 15) is 4.79 Å². The van der Waals surface area contributed by atoms with E-state index in [0.29, 0.717) is 11.4 Å². The van der Waals surface area contributed by atoms with Gasteiger partial charge >= 0.3 is 0 Å². The lowest BCUT2D eigenvalue weighted by Gasteiger charge is -2.13. The summed E-state index contributed by atoms with van der Waals surface area (Å²) in [6, 6.07) is 7.21. The van der Waals surface area contributed by atoms with Crippen LogP contribution >= 0.6 is 0 Å². The highest BCUT2D eigenvalue weighted by Gasteiger charge is 2.10. The molecule has 3 N–H and O–H groups in total. The molecule has 0 fully saturated rings. The maximum Gasteiger partial charge on any atom is 0.226 e. The number of nitrogens with zero attached hydrogens (tertiary/aromatic N) is 2. The zero-order valence-electron chi connectivity index (χ0n) is 10.7. The summed E-state index contributed by atoms with van der Waals surface area (Å²) in [7, 11) is 0. The minimum atomic E-state index is -0.0680. The third-order valence-corrected chi connectivity index (χ3v) is 2.77. The highest BCUT2D eigenvalue weighted by Crippen LogP contribution is 2.10. The number of carbonyl (C=O) groups is 1. The number of hydrogen-bond donors (Lipinski definition) is 2. The number of nitrogen functional groups attached to an aromatic ring is 1. The minimum absolute atomic E-state index is 0.0516. The van der Waals surface area contributed by atoms with Crippen LogP contribution in [-0.4, -0.2) is 15.9 Å². The molecule has 1 atom stereocenters. The second-order valence-corrected chi connectivity index (χ2v) is 4.33. The molecule has 2 aromatic heterocycles. The lowest BCUT2D eigenvalue weighted by Crippen LogP contribution is -2.28. The van der Waals surface area contributed by atoms with Crippen molar-refractivity contribution in [2.45, 2.75) is 19.4 Å². The molecular weight excluding hydrogens is 240 g/mol. The average molecular weight is 256 g/mol. The van der Waals surface area contributed by atoms with Crippen molar-refractivity contribution < 1.29 is 4.79 Å². The van der Waals surface area contributed by atoms with Gasteiger partial charge in [-0.05, 0) is 36.8 Å². The first-order valence-electron chi connectivity index (χ1n) is 6.05. The third kappa shape index (κ3) is 3.77. The van der Waals surface area contributed by atoms with Gasteiger partial charge in [0.1, 0.15) is 0 Å². The maximum atomic E-state index is 11.9. The average Bonchev–Trinajstić information content (AvgIpc) is 2.42. The van der Waals surface area contributed by atoms with Crippen LogP contribution in [0.3, 0.4) is 0 Å². The van der Waals surface area contributed by atoms with Crippen LogP contribution in [0, 0.1) is 0 Å². The van der Waals surface area contributed by atoms with Crippen molar-refractivity contribution in [3.8, 4) is 0 Å². The number of hydrogen-bond acceptors (Lipinski definition) is 4. The first-order valence-corrected chi connectivity index (χ1v) is 6.05. The summed E-state index contributed by atoms with van der Waals surface area (Å²) in [5.41, 5.74) is 7.86. The molecule has 1 unspecified atom stereocenters. The number of nitrogens with one attached hydrogen (secondary N) is 1. The SMILES string of the molecule is CC(NC(=O)Cc1ccc(N)cn1)c1ccncc1. The Morgan fingerprint density at radius 3 is 2.68 bits per heavy atom. The van der Waals surface area contributed by atoms with Gasteiger partial charge < -0.3 is 11.1 Å². The molecule has 2 aromatic rings. The fraction of sp³-hybridized carbons (Fsp3) is 0.214. The Kier molecular flexibility index (Phi) is 4.07. The van der Waals surface area contributed by atoms with Crippen LogP contribution in [0.1, 0.15) is 24.2 Å². The van der Waals surface area contributed by atoms with E-state index in [1.54, 1.807) is 30.7 Å². The number of aromatic nitrogens is 2. The summed E-state index contributed by atoms with van der Waals surface area (Å²) in [4.78, 5) is 19.9. The molecule has 2 rings (SSSR count). The van der Waals surface area contributed by atoms with E-state index < -0.39 is 0 Å². The molecule has 0 saturated carbocycles. The van der Waals surface area contributed by atoms with Gasteiger partial charge in [0.2, 0.25) is 5.91 Å². The van der Waals surface area contributed by atoms with Crippen molar-refractivity contribution >= 4 is 11.6 Å². The van der Waals surface area contributed by atoms with E-state index >= 15 is 0 Å². The van der Waals surface area contributed by atoms with Gasteiger partial charge in [0.05, 0.1) is 24.3 Å². The van der Waals surface area contributed by atoms with Crippen molar-refractivity contribution in [1.29, 1.82) is 0 Å². The highest BCUT2D eigenvalue weighted by atomic mass is 16.1. The predicted molar refractivity (Wildman–Crippen MR) is 73.1 cm³/mol. The second-order valence-electron chi connectivity index (χ2n) is 4.33. The molecule has 0 aromatic carbocycles. The van der Waals surface area contributed by atoms with Crippen LogP contribution in [0.25, 0.3) is 0 Å². The predicted octanol–water partition coefficient (Wildman–Crippen LogP) is 1.48. The molecule has 0 aliphatic rings. The van der Waals surface area contributed by atoms with E-state index in [4.69, 9.17) is 5.73 Å². The summed E-state index contributed by atoms with van der Waals surface area (Å²) < 4.78 is 0. The quantitative estimate of drug-likeness (QED) is 0.868. The Morgan fingerprint density at radius 2 is 2.05 bits per heavy atom. The number of carbonyl (C=O) groups excluding carboxylic acids is 1. The molecular formula is C14H16N4O. The van der Waals surface area contributed by atoms with Crippen LogP contribution in [0.15, 0.2) is 42.9 Å². The second kappa shape index (κ2) is 5.95. The van der Waals surface area contributed by atoms with E-state index in [1.165, 1.54) is 0 Å². The summed E-state index contributed by atoms with van der Waals surface area (Å²) in [5.74, 6) is -0.0680. The van der Waals surface area contributed by atoms with Gasteiger partial charge in [0.15, 0.2) is 0 Å². The summed E-state index contributed by atoms with van der Waals surface area (Å²) in [6.07, 6.45) is 5.21. The molecule has 5 heteroatoms. The normalized spacial score (nSPS) is 11.8. The van der Waals surface area contributed by atoms with Crippen LogP contribution in [0.4, 0.5) is 5.69 Å². The van der Waals surface area contributed by atoms with Gasteiger partial charge in [-0.15, -0.1) is 0 Å². The lowest BCUT2D eigenvalue weighted by molar-refractivity contribution is -0.121.